The molecule has 2 aromatic rings. The summed E-state index contributed by atoms with van der Waals surface area (Å²) in [6, 6.07) is 12.0. The summed E-state index contributed by atoms with van der Waals surface area (Å²) in [6.45, 7) is 4.06. The van der Waals surface area contributed by atoms with Crippen LogP contribution in [0, 0.1) is 13.8 Å². The van der Waals surface area contributed by atoms with Gasteiger partial charge in [0.25, 0.3) is 0 Å². The smallest absolute Gasteiger partial charge is 0.122 e. The standard InChI is InChI=1S/C17H19BrO2/c1-11-4-5-17(20-3)14(6-11)10-16(19)13-7-12(2)8-15(18)9-13/h4-9,16,19H,10H2,1-3H3. The Labute approximate surface area is 128 Å². The van der Waals surface area contributed by atoms with Gasteiger partial charge in [-0.15, -0.1) is 0 Å². The van der Waals surface area contributed by atoms with Crippen LogP contribution in [0.2, 0.25) is 0 Å². The molecule has 0 bridgehead atoms. The Bertz CT molecular complexity index is 588. The lowest BCUT2D eigenvalue weighted by Gasteiger charge is -2.15. The third-order valence-corrected chi connectivity index (χ3v) is 3.76. The molecule has 0 aliphatic heterocycles. The topological polar surface area (TPSA) is 29.5 Å². The monoisotopic (exact) mass is 334 g/mol. The number of benzene rings is 2. The van der Waals surface area contributed by atoms with Gasteiger partial charge < -0.3 is 9.84 Å². The van der Waals surface area contributed by atoms with Crippen molar-refractivity contribution in [1.29, 1.82) is 0 Å². The molecule has 2 nitrogen and oxygen atoms in total. The third-order valence-electron chi connectivity index (χ3n) is 3.30. The maximum Gasteiger partial charge on any atom is 0.122 e. The minimum atomic E-state index is -0.540. The first-order chi connectivity index (χ1) is 9.49. The molecule has 2 rings (SSSR count). The number of aliphatic hydroxyl groups is 1. The van der Waals surface area contributed by atoms with Gasteiger partial charge in [-0.3, -0.25) is 0 Å². The van der Waals surface area contributed by atoms with Gasteiger partial charge in [0.1, 0.15) is 5.75 Å². The van der Waals surface area contributed by atoms with Gasteiger partial charge in [0.15, 0.2) is 0 Å². The highest BCUT2D eigenvalue weighted by Crippen LogP contribution is 2.28. The third kappa shape index (κ3) is 3.62. The number of ether oxygens (including phenoxy) is 1. The van der Waals surface area contributed by atoms with E-state index in [1.54, 1.807) is 7.11 Å². The lowest BCUT2D eigenvalue weighted by Crippen LogP contribution is -2.04. The van der Waals surface area contributed by atoms with Crippen molar-refractivity contribution < 1.29 is 9.84 Å². The summed E-state index contributed by atoms with van der Waals surface area (Å²) in [7, 11) is 1.66. The summed E-state index contributed by atoms with van der Waals surface area (Å²) in [5, 5.41) is 10.5. The van der Waals surface area contributed by atoms with E-state index >= 15 is 0 Å². The van der Waals surface area contributed by atoms with Crippen LogP contribution in [0.1, 0.15) is 28.4 Å². The quantitative estimate of drug-likeness (QED) is 0.900. The van der Waals surface area contributed by atoms with Crippen molar-refractivity contribution >= 4 is 15.9 Å². The second kappa shape index (κ2) is 6.42. The second-order valence-electron chi connectivity index (χ2n) is 5.10. The van der Waals surface area contributed by atoms with Crippen molar-refractivity contribution in [2.45, 2.75) is 26.4 Å². The van der Waals surface area contributed by atoms with Crippen LogP contribution in [0.3, 0.4) is 0 Å². The molecule has 0 amide bonds. The predicted octanol–water partition coefficient (Wildman–Crippen LogP) is 4.35. The Balaban J connectivity index is 2.27. The van der Waals surface area contributed by atoms with Crippen LogP contribution in [0.5, 0.6) is 5.75 Å². The Kier molecular flexibility index (Phi) is 4.84. The fraction of sp³-hybridized carbons (Fsp3) is 0.294. The first kappa shape index (κ1) is 15.1. The van der Waals surface area contributed by atoms with Crippen LogP contribution in [-0.2, 0) is 6.42 Å². The Morgan fingerprint density at radius 3 is 2.50 bits per heavy atom. The number of methoxy groups -OCH3 is 1. The zero-order chi connectivity index (χ0) is 14.7. The molecule has 1 N–H and O–H groups in total. The van der Waals surface area contributed by atoms with E-state index in [1.807, 2.05) is 44.2 Å². The fourth-order valence-electron chi connectivity index (χ4n) is 2.35. The molecule has 20 heavy (non-hydrogen) atoms. The number of hydrogen-bond acceptors (Lipinski definition) is 2. The Hall–Kier alpha value is -1.32. The summed E-state index contributed by atoms with van der Waals surface area (Å²) in [5.41, 5.74) is 4.24. The largest absolute Gasteiger partial charge is 0.496 e. The Morgan fingerprint density at radius 2 is 1.85 bits per heavy atom. The van der Waals surface area contributed by atoms with Gasteiger partial charge in [-0.1, -0.05) is 39.7 Å². The van der Waals surface area contributed by atoms with Gasteiger partial charge >= 0.3 is 0 Å². The SMILES string of the molecule is COc1ccc(C)cc1CC(O)c1cc(C)cc(Br)c1. The number of hydrogen-bond donors (Lipinski definition) is 1. The summed E-state index contributed by atoms with van der Waals surface area (Å²) >= 11 is 3.47. The van der Waals surface area contributed by atoms with Gasteiger partial charge in [-0.2, -0.15) is 0 Å². The van der Waals surface area contributed by atoms with Crippen LogP contribution in [0.25, 0.3) is 0 Å². The van der Waals surface area contributed by atoms with Crippen LogP contribution in [0.4, 0.5) is 0 Å². The van der Waals surface area contributed by atoms with Crippen LogP contribution >= 0.6 is 15.9 Å². The van der Waals surface area contributed by atoms with E-state index in [0.29, 0.717) is 6.42 Å². The second-order valence-corrected chi connectivity index (χ2v) is 6.01. The number of aryl methyl sites for hydroxylation is 2. The molecule has 3 heteroatoms. The van der Waals surface area contributed by atoms with E-state index < -0.39 is 6.10 Å². The molecular formula is C17H19BrO2. The molecule has 1 atom stereocenters. The highest BCUT2D eigenvalue weighted by atomic mass is 79.9. The minimum absolute atomic E-state index is 0.540. The van der Waals surface area contributed by atoms with Crippen molar-refractivity contribution in [3.05, 3.63) is 63.1 Å². The predicted molar refractivity (Wildman–Crippen MR) is 85.3 cm³/mol. The van der Waals surface area contributed by atoms with Gasteiger partial charge in [0.05, 0.1) is 13.2 Å². The van der Waals surface area contributed by atoms with Crippen molar-refractivity contribution in [3.8, 4) is 5.75 Å². The molecule has 2 aromatic carbocycles. The van der Waals surface area contributed by atoms with E-state index in [1.165, 1.54) is 5.56 Å². The van der Waals surface area contributed by atoms with Crippen LogP contribution in [0.15, 0.2) is 40.9 Å². The zero-order valence-electron chi connectivity index (χ0n) is 12.0. The normalized spacial score (nSPS) is 12.2. The highest BCUT2D eigenvalue weighted by molar-refractivity contribution is 9.10. The van der Waals surface area contributed by atoms with E-state index in [0.717, 1.165) is 26.9 Å². The number of aliphatic hydroxyl groups excluding tert-OH is 1. The molecule has 0 heterocycles. The van der Waals surface area contributed by atoms with Crippen LogP contribution in [-0.4, -0.2) is 12.2 Å². The lowest BCUT2D eigenvalue weighted by molar-refractivity contribution is 0.177. The Morgan fingerprint density at radius 1 is 1.10 bits per heavy atom. The van der Waals surface area contributed by atoms with E-state index in [9.17, 15) is 5.11 Å². The molecule has 0 spiro atoms. The molecule has 106 valence electrons. The summed E-state index contributed by atoms with van der Waals surface area (Å²) < 4.78 is 6.35. The number of rotatable bonds is 4. The van der Waals surface area contributed by atoms with Crippen molar-refractivity contribution in [1.82, 2.24) is 0 Å². The molecular weight excluding hydrogens is 316 g/mol. The molecule has 0 saturated carbocycles. The van der Waals surface area contributed by atoms with Gasteiger partial charge in [-0.05, 0) is 48.7 Å². The minimum Gasteiger partial charge on any atom is -0.496 e. The first-order valence-electron chi connectivity index (χ1n) is 6.58. The average molecular weight is 335 g/mol. The first-order valence-corrected chi connectivity index (χ1v) is 7.37. The van der Waals surface area contributed by atoms with Gasteiger partial charge in [-0.25, -0.2) is 0 Å². The van der Waals surface area contributed by atoms with Gasteiger partial charge in [0, 0.05) is 10.9 Å². The summed E-state index contributed by atoms with van der Waals surface area (Å²) in [4.78, 5) is 0. The van der Waals surface area contributed by atoms with E-state index in [2.05, 4.69) is 22.0 Å². The maximum absolute atomic E-state index is 10.5. The summed E-state index contributed by atoms with van der Waals surface area (Å²) in [6.07, 6.45) is 0.00250. The number of halogens is 1. The molecule has 0 saturated heterocycles. The fourth-order valence-corrected chi connectivity index (χ4v) is 2.98. The molecule has 0 aliphatic rings. The molecule has 0 fully saturated rings. The molecule has 0 radical (unpaired) electrons. The lowest BCUT2D eigenvalue weighted by atomic mass is 9.98. The van der Waals surface area contributed by atoms with E-state index in [-0.39, 0.29) is 0 Å². The maximum atomic E-state index is 10.5. The van der Waals surface area contributed by atoms with Crippen molar-refractivity contribution in [2.24, 2.45) is 0 Å². The van der Waals surface area contributed by atoms with E-state index in [4.69, 9.17) is 4.74 Å². The summed E-state index contributed by atoms with van der Waals surface area (Å²) in [5.74, 6) is 0.821. The van der Waals surface area contributed by atoms with Crippen molar-refractivity contribution in [3.63, 3.8) is 0 Å². The van der Waals surface area contributed by atoms with Crippen molar-refractivity contribution in [2.75, 3.05) is 7.11 Å². The molecule has 1 unspecified atom stereocenters. The van der Waals surface area contributed by atoms with Gasteiger partial charge in [0.2, 0.25) is 0 Å². The molecule has 0 aliphatic carbocycles. The highest BCUT2D eigenvalue weighted by Gasteiger charge is 2.13. The van der Waals surface area contributed by atoms with Crippen LogP contribution < -0.4 is 4.74 Å². The average Bonchev–Trinajstić information content (AvgIpc) is 2.37. The zero-order valence-corrected chi connectivity index (χ0v) is 13.6. The molecule has 0 aromatic heterocycles.